The van der Waals surface area contributed by atoms with Crippen LogP contribution in [0.1, 0.15) is 25.3 Å². The van der Waals surface area contributed by atoms with Crippen molar-refractivity contribution in [2.75, 3.05) is 7.11 Å². The van der Waals surface area contributed by atoms with Crippen molar-refractivity contribution in [2.24, 2.45) is 0 Å². The van der Waals surface area contributed by atoms with E-state index in [1.807, 2.05) is 12.1 Å². The summed E-state index contributed by atoms with van der Waals surface area (Å²) in [5, 5.41) is 1.05. The number of halogens is 2. The van der Waals surface area contributed by atoms with E-state index in [2.05, 4.69) is 23.8 Å². The number of aromatic nitrogens is 2. The van der Waals surface area contributed by atoms with E-state index >= 15 is 0 Å². The highest BCUT2D eigenvalue weighted by atomic mass is 35.5. The second-order valence-corrected chi connectivity index (χ2v) is 5.20. The van der Waals surface area contributed by atoms with Crippen LogP contribution in [0.15, 0.2) is 24.5 Å². The van der Waals surface area contributed by atoms with Crippen LogP contribution in [0.5, 0.6) is 5.75 Å². The van der Waals surface area contributed by atoms with Gasteiger partial charge >= 0.3 is 0 Å². The maximum absolute atomic E-state index is 6.17. The van der Waals surface area contributed by atoms with Gasteiger partial charge in [-0.15, -0.1) is 0 Å². The van der Waals surface area contributed by atoms with E-state index in [-0.39, 0.29) is 5.92 Å². The molecule has 0 N–H and O–H groups in total. The average molecular weight is 297 g/mol. The Kier molecular flexibility index (Phi) is 4.27. The predicted octanol–water partition coefficient (Wildman–Crippen LogP) is 4.58. The summed E-state index contributed by atoms with van der Waals surface area (Å²) < 4.78 is 5.23. The molecular weight excluding hydrogens is 283 g/mol. The minimum atomic E-state index is 0.227. The van der Waals surface area contributed by atoms with Crippen molar-refractivity contribution >= 4 is 23.2 Å². The molecule has 100 valence electrons. The highest BCUT2D eigenvalue weighted by Crippen LogP contribution is 2.35. The maximum Gasteiger partial charge on any atom is 0.138 e. The average Bonchev–Trinajstić information content (AvgIpc) is 2.38. The predicted molar refractivity (Wildman–Crippen MR) is 78.1 cm³/mol. The molecule has 0 aliphatic heterocycles. The van der Waals surface area contributed by atoms with Gasteiger partial charge in [0.05, 0.1) is 17.8 Å². The summed E-state index contributed by atoms with van der Waals surface area (Å²) in [5.74, 6) is 0.842. The summed E-state index contributed by atoms with van der Waals surface area (Å²) in [6.07, 6.45) is 1.46. The lowest BCUT2D eigenvalue weighted by atomic mass is 9.98. The van der Waals surface area contributed by atoms with Crippen LogP contribution in [0.2, 0.25) is 10.2 Å². The van der Waals surface area contributed by atoms with E-state index in [1.54, 1.807) is 13.2 Å². The number of rotatable bonds is 3. The number of hydrogen-bond acceptors (Lipinski definition) is 3. The number of methoxy groups -OCH3 is 1. The van der Waals surface area contributed by atoms with Gasteiger partial charge in [0.15, 0.2) is 0 Å². The van der Waals surface area contributed by atoms with Crippen molar-refractivity contribution < 1.29 is 4.74 Å². The summed E-state index contributed by atoms with van der Waals surface area (Å²) in [6.45, 7) is 4.11. The number of ether oxygens (including phenoxy) is 1. The second kappa shape index (κ2) is 5.76. The lowest BCUT2D eigenvalue weighted by Crippen LogP contribution is -1.99. The normalized spacial score (nSPS) is 10.8. The van der Waals surface area contributed by atoms with Gasteiger partial charge in [0, 0.05) is 11.1 Å². The topological polar surface area (TPSA) is 35.0 Å². The smallest absolute Gasteiger partial charge is 0.138 e. The van der Waals surface area contributed by atoms with Gasteiger partial charge < -0.3 is 4.74 Å². The molecule has 2 rings (SSSR count). The first kappa shape index (κ1) is 14.1. The summed E-state index contributed by atoms with van der Waals surface area (Å²) in [5.41, 5.74) is 2.65. The summed E-state index contributed by atoms with van der Waals surface area (Å²) in [7, 11) is 1.58. The Morgan fingerprint density at radius 1 is 1.16 bits per heavy atom. The molecular formula is C14H14Cl2N2O. The van der Waals surface area contributed by atoms with Gasteiger partial charge in [-0.1, -0.05) is 43.1 Å². The molecule has 1 heterocycles. The fourth-order valence-electron chi connectivity index (χ4n) is 1.92. The summed E-state index contributed by atoms with van der Waals surface area (Å²) in [6, 6.07) is 5.54. The molecule has 0 unspecified atom stereocenters. The van der Waals surface area contributed by atoms with Crippen molar-refractivity contribution in [2.45, 2.75) is 19.8 Å². The fraction of sp³-hybridized carbons (Fsp3) is 0.286. The molecule has 2 aromatic rings. The molecule has 1 aromatic heterocycles. The standard InChI is InChI=1S/C14H14Cl2N2O/c1-8(2)12-13(17-7-18-14(12)16)9-4-5-10(15)11(6-9)19-3/h4-8H,1-3H3. The van der Waals surface area contributed by atoms with Gasteiger partial charge in [-0.05, 0) is 18.1 Å². The zero-order valence-electron chi connectivity index (χ0n) is 10.9. The zero-order chi connectivity index (χ0) is 14.0. The quantitative estimate of drug-likeness (QED) is 0.778. The Labute approximate surface area is 122 Å². The number of benzene rings is 1. The van der Waals surface area contributed by atoms with Crippen molar-refractivity contribution in [3.63, 3.8) is 0 Å². The third-order valence-corrected chi connectivity index (χ3v) is 3.45. The molecule has 3 nitrogen and oxygen atoms in total. The summed E-state index contributed by atoms with van der Waals surface area (Å²) in [4.78, 5) is 8.39. The Morgan fingerprint density at radius 2 is 1.89 bits per heavy atom. The second-order valence-electron chi connectivity index (χ2n) is 4.43. The van der Waals surface area contributed by atoms with Crippen molar-refractivity contribution in [3.8, 4) is 17.0 Å². The Bertz CT molecular complexity index is 600. The summed E-state index contributed by atoms with van der Waals surface area (Å²) >= 11 is 12.2. The minimum Gasteiger partial charge on any atom is -0.495 e. The van der Waals surface area contributed by atoms with Crippen LogP contribution in [0.25, 0.3) is 11.3 Å². The largest absolute Gasteiger partial charge is 0.495 e. The van der Waals surface area contributed by atoms with Crippen molar-refractivity contribution in [3.05, 3.63) is 40.3 Å². The first-order chi connectivity index (χ1) is 9.04. The third kappa shape index (κ3) is 2.82. The maximum atomic E-state index is 6.17. The van der Waals surface area contributed by atoms with E-state index in [4.69, 9.17) is 27.9 Å². The fourth-order valence-corrected chi connectivity index (χ4v) is 2.47. The molecule has 0 spiro atoms. The number of nitrogens with zero attached hydrogens (tertiary/aromatic N) is 2. The lowest BCUT2D eigenvalue weighted by Gasteiger charge is -2.13. The number of hydrogen-bond donors (Lipinski definition) is 0. The molecule has 5 heteroatoms. The van der Waals surface area contributed by atoms with Crippen LogP contribution in [0.3, 0.4) is 0 Å². The molecule has 0 atom stereocenters. The first-order valence-corrected chi connectivity index (χ1v) is 6.64. The monoisotopic (exact) mass is 296 g/mol. The van der Waals surface area contributed by atoms with Gasteiger partial charge in [-0.3, -0.25) is 0 Å². The highest BCUT2D eigenvalue weighted by Gasteiger charge is 2.16. The SMILES string of the molecule is COc1cc(-c2ncnc(Cl)c2C(C)C)ccc1Cl. The molecule has 19 heavy (non-hydrogen) atoms. The van der Waals surface area contributed by atoms with E-state index in [0.717, 1.165) is 16.8 Å². The molecule has 0 saturated carbocycles. The van der Waals surface area contributed by atoms with Gasteiger partial charge in [-0.25, -0.2) is 9.97 Å². The van der Waals surface area contributed by atoms with E-state index in [0.29, 0.717) is 15.9 Å². The van der Waals surface area contributed by atoms with Crippen molar-refractivity contribution in [1.29, 1.82) is 0 Å². The molecule has 0 aliphatic carbocycles. The lowest BCUT2D eigenvalue weighted by molar-refractivity contribution is 0.415. The van der Waals surface area contributed by atoms with Crippen molar-refractivity contribution in [1.82, 2.24) is 9.97 Å². The Balaban J connectivity index is 2.62. The zero-order valence-corrected chi connectivity index (χ0v) is 12.5. The molecule has 0 radical (unpaired) electrons. The van der Waals surface area contributed by atoms with E-state index in [9.17, 15) is 0 Å². The van der Waals surface area contributed by atoms with Gasteiger partial charge in [0.2, 0.25) is 0 Å². The molecule has 0 aliphatic rings. The van der Waals surface area contributed by atoms with Crippen LogP contribution in [0.4, 0.5) is 0 Å². The molecule has 0 fully saturated rings. The van der Waals surface area contributed by atoms with E-state index in [1.165, 1.54) is 6.33 Å². The van der Waals surface area contributed by atoms with Crippen LogP contribution in [-0.2, 0) is 0 Å². The molecule has 0 saturated heterocycles. The van der Waals surface area contributed by atoms with Gasteiger partial charge in [0.25, 0.3) is 0 Å². The Morgan fingerprint density at radius 3 is 2.53 bits per heavy atom. The van der Waals surface area contributed by atoms with E-state index < -0.39 is 0 Å². The van der Waals surface area contributed by atoms with Gasteiger partial charge in [-0.2, -0.15) is 0 Å². The van der Waals surface area contributed by atoms with Crippen LogP contribution < -0.4 is 4.74 Å². The van der Waals surface area contributed by atoms with Gasteiger partial charge in [0.1, 0.15) is 17.2 Å². The third-order valence-electron chi connectivity index (χ3n) is 2.84. The molecule has 0 bridgehead atoms. The molecule has 1 aromatic carbocycles. The highest BCUT2D eigenvalue weighted by molar-refractivity contribution is 6.32. The minimum absolute atomic E-state index is 0.227. The van der Waals surface area contributed by atoms with Crippen LogP contribution in [-0.4, -0.2) is 17.1 Å². The van der Waals surface area contributed by atoms with Crippen LogP contribution in [0, 0.1) is 0 Å². The molecule has 0 amide bonds. The Hall–Kier alpha value is -1.32. The first-order valence-electron chi connectivity index (χ1n) is 5.89. The van der Waals surface area contributed by atoms with Crippen LogP contribution >= 0.6 is 23.2 Å².